The van der Waals surface area contributed by atoms with Crippen molar-refractivity contribution in [3.05, 3.63) is 39.0 Å². The van der Waals surface area contributed by atoms with Crippen molar-refractivity contribution in [1.82, 2.24) is 9.97 Å². The number of halogens is 2. The highest BCUT2D eigenvalue weighted by Gasteiger charge is 2.11. The number of para-hydroxylation sites is 1. The van der Waals surface area contributed by atoms with E-state index in [9.17, 15) is 0 Å². The molecule has 4 nitrogen and oxygen atoms in total. The largest absolute Gasteiger partial charge is 0.373 e. The molecule has 100 valence electrons. The Morgan fingerprint density at radius 1 is 1.11 bits per heavy atom. The number of benzene rings is 1. The molecular weight excluding hydrogens is 372 g/mol. The van der Waals surface area contributed by atoms with Gasteiger partial charge in [-0.25, -0.2) is 9.97 Å². The smallest absolute Gasteiger partial charge is 0.139 e. The molecule has 0 aliphatic heterocycles. The Morgan fingerprint density at radius 2 is 1.74 bits per heavy atom. The number of hydrogen-bond acceptors (Lipinski definition) is 4. The van der Waals surface area contributed by atoms with Gasteiger partial charge in [0.25, 0.3) is 0 Å². The van der Waals surface area contributed by atoms with E-state index in [1.54, 1.807) is 6.33 Å². The maximum absolute atomic E-state index is 4.33. The van der Waals surface area contributed by atoms with Crippen LogP contribution in [0.5, 0.6) is 0 Å². The van der Waals surface area contributed by atoms with Gasteiger partial charge in [-0.3, -0.25) is 0 Å². The van der Waals surface area contributed by atoms with Crippen LogP contribution in [-0.2, 0) is 6.42 Å². The van der Waals surface area contributed by atoms with E-state index in [0.717, 1.165) is 38.3 Å². The predicted molar refractivity (Wildman–Crippen MR) is 86.1 cm³/mol. The molecule has 0 saturated heterocycles. The molecule has 0 amide bonds. The number of nitrogens with one attached hydrogen (secondary N) is 2. The van der Waals surface area contributed by atoms with Gasteiger partial charge in [-0.05, 0) is 50.4 Å². The standard InChI is InChI=1S/C13H14Br2N4/c1-3-8-12(16-2)17-7-18-13(8)19-11-9(14)5-4-6-10(11)15/h4-7H,3H2,1-2H3,(H2,16,17,18,19). The minimum atomic E-state index is 0.814. The summed E-state index contributed by atoms with van der Waals surface area (Å²) < 4.78 is 1.96. The van der Waals surface area contributed by atoms with Crippen LogP contribution in [0.25, 0.3) is 0 Å². The molecule has 6 heteroatoms. The number of anilines is 3. The lowest BCUT2D eigenvalue weighted by atomic mass is 10.2. The van der Waals surface area contributed by atoms with Gasteiger partial charge in [-0.15, -0.1) is 0 Å². The first-order chi connectivity index (χ1) is 9.17. The Hall–Kier alpha value is -1.14. The molecule has 0 bridgehead atoms. The summed E-state index contributed by atoms with van der Waals surface area (Å²) >= 11 is 7.07. The van der Waals surface area contributed by atoms with E-state index in [4.69, 9.17) is 0 Å². The Kier molecular flexibility index (Phi) is 4.76. The van der Waals surface area contributed by atoms with Gasteiger partial charge in [0.05, 0.1) is 5.69 Å². The van der Waals surface area contributed by atoms with Crippen LogP contribution in [0.2, 0.25) is 0 Å². The zero-order valence-corrected chi connectivity index (χ0v) is 13.8. The highest BCUT2D eigenvalue weighted by atomic mass is 79.9. The zero-order chi connectivity index (χ0) is 13.8. The molecule has 0 saturated carbocycles. The van der Waals surface area contributed by atoms with Crippen LogP contribution in [0.3, 0.4) is 0 Å². The molecule has 2 aromatic rings. The Labute approximate surface area is 129 Å². The minimum absolute atomic E-state index is 0.814. The fraction of sp³-hybridized carbons (Fsp3) is 0.231. The van der Waals surface area contributed by atoms with Gasteiger partial charge in [0.1, 0.15) is 18.0 Å². The molecule has 0 aliphatic rings. The molecule has 19 heavy (non-hydrogen) atoms. The summed E-state index contributed by atoms with van der Waals surface area (Å²) in [5.41, 5.74) is 2.02. The Morgan fingerprint density at radius 3 is 2.32 bits per heavy atom. The number of nitrogens with zero attached hydrogens (tertiary/aromatic N) is 2. The second-order valence-corrected chi connectivity index (χ2v) is 5.58. The third-order valence-corrected chi connectivity index (χ3v) is 4.06. The average molecular weight is 386 g/mol. The molecule has 0 aliphatic carbocycles. The van der Waals surface area contributed by atoms with Crippen molar-refractivity contribution < 1.29 is 0 Å². The summed E-state index contributed by atoms with van der Waals surface area (Å²) in [5, 5.41) is 6.44. The molecule has 0 atom stereocenters. The van der Waals surface area contributed by atoms with Crippen molar-refractivity contribution in [3.63, 3.8) is 0 Å². The van der Waals surface area contributed by atoms with Crippen molar-refractivity contribution in [3.8, 4) is 0 Å². The van der Waals surface area contributed by atoms with Gasteiger partial charge in [0.15, 0.2) is 0 Å². The van der Waals surface area contributed by atoms with E-state index in [1.165, 1.54) is 0 Å². The first-order valence-electron chi connectivity index (χ1n) is 5.90. The van der Waals surface area contributed by atoms with Gasteiger partial charge in [0, 0.05) is 21.6 Å². The maximum Gasteiger partial charge on any atom is 0.139 e. The van der Waals surface area contributed by atoms with Gasteiger partial charge in [-0.2, -0.15) is 0 Å². The zero-order valence-electron chi connectivity index (χ0n) is 10.7. The lowest BCUT2D eigenvalue weighted by Crippen LogP contribution is -2.05. The summed E-state index contributed by atoms with van der Waals surface area (Å²) in [6.07, 6.45) is 2.40. The van der Waals surface area contributed by atoms with E-state index in [2.05, 4.69) is 59.4 Å². The van der Waals surface area contributed by atoms with Crippen molar-refractivity contribution in [2.75, 3.05) is 17.7 Å². The van der Waals surface area contributed by atoms with E-state index in [1.807, 2.05) is 25.2 Å². The first-order valence-corrected chi connectivity index (χ1v) is 7.48. The quantitative estimate of drug-likeness (QED) is 0.821. The number of rotatable bonds is 4. The van der Waals surface area contributed by atoms with Crippen molar-refractivity contribution in [1.29, 1.82) is 0 Å². The number of aromatic nitrogens is 2. The molecule has 1 heterocycles. The van der Waals surface area contributed by atoms with Crippen molar-refractivity contribution >= 4 is 49.2 Å². The van der Waals surface area contributed by atoms with Crippen LogP contribution in [-0.4, -0.2) is 17.0 Å². The molecule has 1 aromatic carbocycles. The van der Waals surface area contributed by atoms with E-state index < -0.39 is 0 Å². The van der Waals surface area contributed by atoms with Crippen LogP contribution in [0.4, 0.5) is 17.3 Å². The summed E-state index contributed by atoms with van der Waals surface area (Å²) in [4.78, 5) is 8.56. The molecule has 0 radical (unpaired) electrons. The molecule has 2 N–H and O–H groups in total. The maximum atomic E-state index is 4.33. The van der Waals surface area contributed by atoms with E-state index >= 15 is 0 Å². The summed E-state index contributed by atoms with van der Waals surface area (Å²) in [6, 6.07) is 5.94. The molecule has 1 aromatic heterocycles. The molecule has 0 spiro atoms. The van der Waals surface area contributed by atoms with Gasteiger partial charge >= 0.3 is 0 Å². The summed E-state index contributed by atoms with van der Waals surface area (Å²) in [6.45, 7) is 2.08. The van der Waals surface area contributed by atoms with Crippen LogP contribution in [0, 0.1) is 0 Å². The first kappa shape index (κ1) is 14.3. The van der Waals surface area contributed by atoms with E-state index in [0.29, 0.717) is 0 Å². The molecule has 2 rings (SSSR count). The third-order valence-electron chi connectivity index (χ3n) is 2.74. The van der Waals surface area contributed by atoms with Crippen molar-refractivity contribution in [2.45, 2.75) is 13.3 Å². The van der Waals surface area contributed by atoms with Gasteiger partial charge in [0.2, 0.25) is 0 Å². The molecule has 0 unspecified atom stereocenters. The predicted octanol–water partition coefficient (Wildman–Crippen LogP) is 4.35. The van der Waals surface area contributed by atoms with Crippen LogP contribution >= 0.6 is 31.9 Å². The SMILES string of the molecule is CCc1c(NC)ncnc1Nc1c(Br)cccc1Br. The summed E-state index contributed by atoms with van der Waals surface area (Å²) in [5.74, 6) is 1.66. The highest BCUT2D eigenvalue weighted by Crippen LogP contribution is 2.34. The Balaban J connectivity index is 2.44. The fourth-order valence-electron chi connectivity index (χ4n) is 1.81. The third kappa shape index (κ3) is 3.06. The average Bonchev–Trinajstić information content (AvgIpc) is 2.42. The van der Waals surface area contributed by atoms with Gasteiger partial charge < -0.3 is 10.6 Å². The second-order valence-electron chi connectivity index (χ2n) is 3.87. The minimum Gasteiger partial charge on any atom is -0.373 e. The lowest BCUT2D eigenvalue weighted by molar-refractivity contribution is 1.05. The molecular formula is C13H14Br2N4. The monoisotopic (exact) mass is 384 g/mol. The lowest BCUT2D eigenvalue weighted by Gasteiger charge is -2.14. The van der Waals surface area contributed by atoms with Crippen molar-refractivity contribution in [2.24, 2.45) is 0 Å². The van der Waals surface area contributed by atoms with Crippen LogP contribution in [0.15, 0.2) is 33.5 Å². The highest BCUT2D eigenvalue weighted by molar-refractivity contribution is 9.11. The Bertz CT molecular complexity index is 567. The van der Waals surface area contributed by atoms with Gasteiger partial charge in [-0.1, -0.05) is 13.0 Å². The normalized spacial score (nSPS) is 10.3. The second kappa shape index (κ2) is 6.34. The molecule has 0 fully saturated rings. The number of hydrogen-bond donors (Lipinski definition) is 2. The van der Waals surface area contributed by atoms with Crippen LogP contribution in [0.1, 0.15) is 12.5 Å². The fourth-order valence-corrected chi connectivity index (χ4v) is 3.00. The van der Waals surface area contributed by atoms with Crippen LogP contribution < -0.4 is 10.6 Å². The van der Waals surface area contributed by atoms with E-state index in [-0.39, 0.29) is 0 Å². The topological polar surface area (TPSA) is 49.8 Å². The summed E-state index contributed by atoms with van der Waals surface area (Å²) in [7, 11) is 1.86.